The van der Waals surface area contributed by atoms with Gasteiger partial charge in [0.1, 0.15) is 11.5 Å². The minimum Gasteiger partial charge on any atom is -0.367 e. The van der Waals surface area contributed by atoms with Gasteiger partial charge >= 0.3 is 0 Å². The van der Waals surface area contributed by atoms with E-state index in [2.05, 4.69) is 37.7 Å². The van der Waals surface area contributed by atoms with E-state index in [1.807, 2.05) is 24.4 Å². The van der Waals surface area contributed by atoms with Gasteiger partial charge in [-0.05, 0) is 43.5 Å². The molecule has 1 fully saturated rings. The number of aromatic nitrogens is 5. The monoisotopic (exact) mass is 319 g/mol. The predicted molar refractivity (Wildman–Crippen MR) is 94.6 cm³/mol. The molecule has 0 radical (unpaired) electrons. The summed E-state index contributed by atoms with van der Waals surface area (Å²) in [5, 5.41) is 16.0. The fourth-order valence-electron chi connectivity index (χ4n) is 2.91. The van der Waals surface area contributed by atoms with Crippen LogP contribution in [-0.2, 0) is 0 Å². The maximum atomic E-state index is 4.70. The summed E-state index contributed by atoms with van der Waals surface area (Å²) in [7, 11) is 0. The summed E-state index contributed by atoms with van der Waals surface area (Å²) in [6.45, 7) is 2.07. The first-order valence-electron chi connectivity index (χ1n) is 8.09. The highest BCUT2D eigenvalue weighted by atomic mass is 15.2. The molecule has 0 amide bonds. The molecule has 0 bridgehead atoms. The first kappa shape index (κ1) is 13.4. The Morgan fingerprint density at radius 3 is 3.00 bits per heavy atom. The van der Waals surface area contributed by atoms with Gasteiger partial charge in [-0.1, -0.05) is 0 Å². The standard InChI is InChI=1S/C17H17N7/c1-9-7-18-15-14(9)16(20-11-4-5-11)23-17(22-15)21-12-3-2-10-8-19-24-13(10)6-12/h2-3,6-8,11H,4-5H2,1H3,(H,19,24)(H3,18,20,21,22,23). The van der Waals surface area contributed by atoms with E-state index in [1.165, 1.54) is 12.8 Å². The topological polar surface area (TPSA) is 94.3 Å². The number of rotatable bonds is 4. The van der Waals surface area contributed by atoms with E-state index in [1.54, 1.807) is 6.20 Å². The smallest absolute Gasteiger partial charge is 0.231 e. The van der Waals surface area contributed by atoms with Crippen LogP contribution in [0.25, 0.3) is 21.9 Å². The van der Waals surface area contributed by atoms with Crippen molar-refractivity contribution in [2.24, 2.45) is 0 Å². The maximum Gasteiger partial charge on any atom is 0.231 e. The molecule has 0 spiro atoms. The normalized spacial score (nSPS) is 14.4. The van der Waals surface area contributed by atoms with Crippen molar-refractivity contribution >= 4 is 39.4 Å². The Kier molecular flexibility index (Phi) is 2.76. The highest BCUT2D eigenvalue weighted by molar-refractivity contribution is 5.92. The van der Waals surface area contributed by atoms with Crippen molar-refractivity contribution in [1.82, 2.24) is 25.1 Å². The van der Waals surface area contributed by atoms with Gasteiger partial charge in [-0.3, -0.25) is 5.10 Å². The van der Waals surface area contributed by atoms with Gasteiger partial charge < -0.3 is 15.6 Å². The van der Waals surface area contributed by atoms with Crippen LogP contribution >= 0.6 is 0 Å². The Balaban J connectivity index is 1.55. The van der Waals surface area contributed by atoms with Gasteiger partial charge in [0.05, 0.1) is 17.1 Å². The molecule has 0 atom stereocenters. The van der Waals surface area contributed by atoms with Crippen molar-refractivity contribution in [2.45, 2.75) is 25.8 Å². The van der Waals surface area contributed by atoms with Gasteiger partial charge in [0.2, 0.25) is 5.95 Å². The van der Waals surface area contributed by atoms with Gasteiger partial charge in [-0.2, -0.15) is 15.1 Å². The fraction of sp³-hybridized carbons (Fsp3) is 0.235. The van der Waals surface area contributed by atoms with E-state index >= 15 is 0 Å². The number of benzene rings is 1. The molecule has 0 unspecified atom stereocenters. The van der Waals surface area contributed by atoms with Crippen LogP contribution in [0, 0.1) is 6.92 Å². The average molecular weight is 319 g/mol. The largest absolute Gasteiger partial charge is 0.367 e. The van der Waals surface area contributed by atoms with Crippen molar-refractivity contribution < 1.29 is 0 Å². The second-order valence-corrected chi connectivity index (χ2v) is 6.31. The third kappa shape index (κ3) is 2.25. The molecule has 0 aliphatic heterocycles. The van der Waals surface area contributed by atoms with Crippen molar-refractivity contribution in [3.63, 3.8) is 0 Å². The van der Waals surface area contributed by atoms with Gasteiger partial charge in [-0.25, -0.2) is 0 Å². The van der Waals surface area contributed by atoms with Crippen molar-refractivity contribution in [2.75, 3.05) is 10.6 Å². The molecule has 0 saturated heterocycles. The zero-order valence-electron chi connectivity index (χ0n) is 13.2. The van der Waals surface area contributed by atoms with Crippen molar-refractivity contribution in [3.8, 4) is 0 Å². The molecule has 7 heteroatoms. The fourth-order valence-corrected chi connectivity index (χ4v) is 2.91. The number of aromatic amines is 2. The molecular formula is C17H17N7. The van der Waals surface area contributed by atoms with Crippen LogP contribution in [0.1, 0.15) is 18.4 Å². The number of fused-ring (bicyclic) bond motifs is 2. The molecule has 1 saturated carbocycles. The van der Waals surface area contributed by atoms with Gasteiger partial charge in [-0.15, -0.1) is 0 Å². The second-order valence-electron chi connectivity index (χ2n) is 6.31. The SMILES string of the molecule is Cc1c[nH]c2nc(Nc3ccc4cn[nH]c4c3)nc(NC3CC3)c12. The maximum absolute atomic E-state index is 4.70. The minimum absolute atomic E-state index is 0.534. The molecule has 5 rings (SSSR count). The van der Waals surface area contributed by atoms with E-state index in [-0.39, 0.29) is 0 Å². The third-order valence-electron chi connectivity index (χ3n) is 4.35. The molecule has 1 aliphatic rings. The Morgan fingerprint density at radius 2 is 2.12 bits per heavy atom. The second kappa shape index (κ2) is 4.95. The van der Waals surface area contributed by atoms with E-state index in [0.29, 0.717) is 12.0 Å². The molecule has 4 aromatic rings. The molecule has 3 aromatic heterocycles. The average Bonchev–Trinajstić information content (AvgIpc) is 3.12. The zero-order chi connectivity index (χ0) is 16.1. The Morgan fingerprint density at radius 1 is 1.21 bits per heavy atom. The summed E-state index contributed by atoms with van der Waals surface area (Å²) in [5.41, 5.74) is 3.90. The van der Waals surface area contributed by atoms with Crippen molar-refractivity contribution in [3.05, 3.63) is 36.2 Å². The third-order valence-corrected chi connectivity index (χ3v) is 4.35. The lowest BCUT2D eigenvalue weighted by Crippen LogP contribution is -2.07. The van der Waals surface area contributed by atoms with Gasteiger partial charge in [0.15, 0.2) is 0 Å². The molecular weight excluding hydrogens is 302 g/mol. The Bertz CT molecular complexity index is 1040. The molecule has 4 N–H and O–H groups in total. The lowest BCUT2D eigenvalue weighted by molar-refractivity contribution is 1.10. The van der Waals surface area contributed by atoms with E-state index in [9.17, 15) is 0 Å². The summed E-state index contributed by atoms with van der Waals surface area (Å²) in [6, 6.07) is 6.55. The zero-order valence-corrected chi connectivity index (χ0v) is 13.2. The number of nitrogens with zero attached hydrogens (tertiary/aromatic N) is 3. The highest BCUT2D eigenvalue weighted by Gasteiger charge is 2.23. The molecule has 3 heterocycles. The van der Waals surface area contributed by atoms with Crippen LogP contribution in [0.4, 0.5) is 17.5 Å². The number of aryl methyl sites for hydroxylation is 1. The quantitative estimate of drug-likeness (QED) is 0.462. The number of H-pyrrole nitrogens is 2. The van der Waals surface area contributed by atoms with Crippen LogP contribution in [0.5, 0.6) is 0 Å². The molecule has 7 nitrogen and oxygen atoms in total. The molecule has 24 heavy (non-hydrogen) atoms. The first-order valence-corrected chi connectivity index (χ1v) is 8.09. The number of hydrogen-bond donors (Lipinski definition) is 4. The number of nitrogens with one attached hydrogen (secondary N) is 4. The molecule has 120 valence electrons. The highest BCUT2D eigenvalue weighted by Crippen LogP contribution is 2.31. The van der Waals surface area contributed by atoms with Crippen LogP contribution in [-0.4, -0.2) is 31.2 Å². The predicted octanol–water partition coefficient (Wildman–Crippen LogP) is 3.46. The van der Waals surface area contributed by atoms with Crippen LogP contribution < -0.4 is 10.6 Å². The minimum atomic E-state index is 0.534. The lowest BCUT2D eigenvalue weighted by atomic mass is 10.2. The van der Waals surface area contributed by atoms with Gasteiger partial charge in [0, 0.05) is 23.3 Å². The van der Waals surface area contributed by atoms with E-state index in [0.717, 1.165) is 39.0 Å². The summed E-state index contributed by atoms with van der Waals surface area (Å²) in [5.74, 6) is 1.47. The summed E-state index contributed by atoms with van der Waals surface area (Å²) in [4.78, 5) is 12.5. The summed E-state index contributed by atoms with van der Waals surface area (Å²) >= 11 is 0. The van der Waals surface area contributed by atoms with E-state index < -0.39 is 0 Å². The lowest BCUT2D eigenvalue weighted by Gasteiger charge is -2.10. The summed E-state index contributed by atoms with van der Waals surface area (Å²) < 4.78 is 0. The van der Waals surface area contributed by atoms with Crippen LogP contribution in [0.2, 0.25) is 0 Å². The Labute approximate surface area is 137 Å². The van der Waals surface area contributed by atoms with E-state index in [4.69, 9.17) is 4.98 Å². The summed E-state index contributed by atoms with van der Waals surface area (Å²) in [6.07, 6.45) is 6.18. The first-order chi connectivity index (χ1) is 11.8. The number of anilines is 3. The van der Waals surface area contributed by atoms with Crippen molar-refractivity contribution in [1.29, 1.82) is 0 Å². The van der Waals surface area contributed by atoms with Crippen LogP contribution in [0.15, 0.2) is 30.6 Å². The molecule has 1 aromatic carbocycles. The number of hydrogen-bond acceptors (Lipinski definition) is 5. The Hall–Kier alpha value is -3.09. The van der Waals surface area contributed by atoms with Gasteiger partial charge in [0.25, 0.3) is 0 Å². The molecule has 1 aliphatic carbocycles. The van der Waals surface area contributed by atoms with Crippen LogP contribution in [0.3, 0.4) is 0 Å².